The second-order valence-corrected chi connectivity index (χ2v) is 7.55. The molecule has 3 nitrogen and oxygen atoms in total. The Bertz CT molecular complexity index is 1040. The highest BCUT2D eigenvalue weighted by Gasteiger charge is 2.23. The number of benzene rings is 2. The van der Waals surface area contributed by atoms with Gasteiger partial charge in [0.15, 0.2) is 11.6 Å². The zero-order valence-corrected chi connectivity index (χ0v) is 16.3. The number of allylic oxidation sites excluding steroid dienone is 1. The summed E-state index contributed by atoms with van der Waals surface area (Å²) >= 11 is 6.26. The van der Waals surface area contributed by atoms with Gasteiger partial charge in [-0.25, -0.2) is 4.39 Å². The summed E-state index contributed by atoms with van der Waals surface area (Å²) in [5, 5.41) is 1.93. The maximum atomic E-state index is 14.1. The lowest BCUT2D eigenvalue weighted by atomic mass is 10.0. The molecule has 1 aliphatic heterocycles. The molecule has 0 aliphatic carbocycles. The fraction of sp³-hybridized carbons (Fsp3) is 0.273. The van der Waals surface area contributed by atoms with Gasteiger partial charge in [0.25, 0.3) is 0 Å². The van der Waals surface area contributed by atoms with E-state index in [2.05, 4.69) is 29.2 Å². The van der Waals surface area contributed by atoms with Crippen molar-refractivity contribution in [1.29, 1.82) is 0 Å². The van der Waals surface area contributed by atoms with Crippen LogP contribution < -0.4 is 4.74 Å². The minimum atomic E-state index is -0.371. The summed E-state index contributed by atoms with van der Waals surface area (Å²) in [6.07, 6.45) is 0.975. The van der Waals surface area contributed by atoms with Gasteiger partial charge < -0.3 is 14.2 Å². The van der Waals surface area contributed by atoms with E-state index in [9.17, 15) is 4.39 Å². The van der Waals surface area contributed by atoms with Crippen molar-refractivity contribution in [3.63, 3.8) is 0 Å². The van der Waals surface area contributed by atoms with Gasteiger partial charge in [0.1, 0.15) is 0 Å². The van der Waals surface area contributed by atoms with Gasteiger partial charge in [-0.15, -0.1) is 0 Å². The van der Waals surface area contributed by atoms with Crippen LogP contribution in [0, 0.1) is 5.82 Å². The summed E-state index contributed by atoms with van der Waals surface area (Å²) in [5.41, 5.74) is 5.45. The Morgan fingerprint density at radius 1 is 1.26 bits per heavy atom. The Balaban J connectivity index is 1.76. The van der Waals surface area contributed by atoms with Crippen LogP contribution in [0.1, 0.15) is 16.8 Å². The number of fused-ring (bicyclic) bond motifs is 3. The van der Waals surface area contributed by atoms with E-state index >= 15 is 0 Å². The predicted molar refractivity (Wildman–Crippen MR) is 109 cm³/mol. The summed E-state index contributed by atoms with van der Waals surface area (Å²) in [6, 6.07) is 11.0. The van der Waals surface area contributed by atoms with Crippen molar-refractivity contribution in [2.24, 2.45) is 0 Å². The molecule has 140 valence electrons. The van der Waals surface area contributed by atoms with Gasteiger partial charge in [0.2, 0.25) is 0 Å². The third kappa shape index (κ3) is 3.24. The zero-order chi connectivity index (χ0) is 19.1. The van der Waals surface area contributed by atoms with Gasteiger partial charge in [-0.05, 0) is 54.1 Å². The second-order valence-electron chi connectivity index (χ2n) is 7.11. The molecule has 0 spiro atoms. The first-order chi connectivity index (χ1) is 13.0. The van der Waals surface area contributed by atoms with Gasteiger partial charge in [-0.2, -0.15) is 0 Å². The van der Waals surface area contributed by atoms with Crippen molar-refractivity contribution < 1.29 is 9.13 Å². The molecule has 1 aromatic heterocycles. The van der Waals surface area contributed by atoms with E-state index in [1.165, 1.54) is 29.8 Å². The molecule has 2 heterocycles. The third-order valence-electron chi connectivity index (χ3n) is 5.32. The molecule has 0 unspecified atom stereocenters. The van der Waals surface area contributed by atoms with Crippen LogP contribution in [0.25, 0.3) is 16.5 Å². The highest BCUT2D eigenvalue weighted by atomic mass is 35.5. The van der Waals surface area contributed by atoms with E-state index in [0.29, 0.717) is 6.54 Å². The van der Waals surface area contributed by atoms with Crippen molar-refractivity contribution in [3.05, 3.63) is 70.6 Å². The van der Waals surface area contributed by atoms with Crippen LogP contribution in [0.4, 0.5) is 4.39 Å². The molecule has 0 atom stereocenters. The molecule has 0 saturated carbocycles. The van der Waals surface area contributed by atoms with Crippen molar-refractivity contribution >= 4 is 28.1 Å². The van der Waals surface area contributed by atoms with Gasteiger partial charge in [0, 0.05) is 47.7 Å². The maximum Gasteiger partial charge on any atom is 0.165 e. The number of likely N-dealkylation sites (N-methyl/N-ethyl adjacent to an activating group) is 1. The number of halogens is 2. The van der Waals surface area contributed by atoms with E-state index in [0.717, 1.165) is 41.2 Å². The van der Waals surface area contributed by atoms with Crippen LogP contribution in [0.5, 0.6) is 5.75 Å². The Morgan fingerprint density at radius 2 is 2.07 bits per heavy atom. The van der Waals surface area contributed by atoms with Gasteiger partial charge >= 0.3 is 0 Å². The molecule has 5 heteroatoms. The van der Waals surface area contributed by atoms with Crippen LogP contribution in [0.2, 0.25) is 5.02 Å². The number of hydrogen-bond donors (Lipinski definition) is 0. The quantitative estimate of drug-likeness (QED) is 0.619. The highest BCUT2D eigenvalue weighted by Crippen LogP contribution is 2.34. The molecule has 2 aromatic carbocycles. The number of rotatable bonds is 4. The monoisotopic (exact) mass is 384 g/mol. The van der Waals surface area contributed by atoms with E-state index in [1.807, 2.05) is 18.2 Å². The zero-order valence-electron chi connectivity index (χ0n) is 15.6. The maximum absolute atomic E-state index is 14.1. The molecule has 4 rings (SSSR count). The first kappa shape index (κ1) is 18.1. The predicted octanol–water partition coefficient (Wildman–Crippen LogP) is 5.14. The number of aromatic nitrogens is 1. The first-order valence-electron chi connectivity index (χ1n) is 8.97. The van der Waals surface area contributed by atoms with Crippen molar-refractivity contribution in [2.75, 3.05) is 20.7 Å². The average molecular weight is 385 g/mol. The molecule has 0 amide bonds. The molecule has 0 bridgehead atoms. The minimum absolute atomic E-state index is 0.244. The van der Waals surface area contributed by atoms with Crippen molar-refractivity contribution in [2.45, 2.75) is 19.5 Å². The Morgan fingerprint density at radius 3 is 2.81 bits per heavy atom. The molecule has 27 heavy (non-hydrogen) atoms. The van der Waals surface area contributed by atoms with Gasteiger partial charge in [-0.3, -0.25) is 0 Å². The topological polar surface area (TPSA) is 17.4 Å². The summed E-state index contributed by atoms with van der Waals surface area (Å²) < 4.78 is 21.4. The lowest BCUT2D eigenvalue weighted by molar-refractivity contribution is 0.310. The lowest BCUT2D eigenvalue weighted by Gasteiger charge is -2.24. The Kier molecular flexibility index (Phi) is 4.70. The smallest absolute Gasteiger partial charge is 0.165 e. The highest BCUT2D eigenvalue weighted by molar-refractivity contribution is 6.31. The minimum Gasteiger partial charge on any atom is -0.494 e. The van der Waals surface area contributed by atoms with Crippen LogP contribution >= 0.6 is 11.6 Å². The number of nitrogens with zero attached hydrogens (tertiary/aromatic N) is 2. The molecular weight excluding hydrogens is 363 g/mol. The molecule has 1 aliphatic rings. The lowest BCUT2D eigenvalue weighted by Crippen LogP contribution is -2.27. The van der Waals surface area contributed by atoms with Crippen LogP contribution in [-0.2, 0) is 19.5 Å². The molecule has 0 N–H and O–H groups in total. The summed E-state index contributed by atoms with van der Waals surface area (Å²) in [6.45, 7) is 6.75. The van der Waals surface area contributed by atoms with Crippen molar-refractivity contribution in [3.8, 4) is 5.75 Å². The third-order valence-corrected chi connectivity index (χ3v) is 5.55. The van der Waals surface area contributed by atoms with Crippen LogP contribution in [-0.4, -0.2) is 30.2 Å². The SMILES string of the molecule is C=C(Cn1c2c(c3cc(Cl)ccc31)CN(C)CC2)c1ccc(OC)c(F)c1. The summed E-state index contributed by atoms with van der Waals surface area (Å²) in [5.74, 6) is -0.128. The van der Waals surface area contributed by atoms with Gasteiger partial charge in [0.05, 0.1) is 7.11 Å². The van der Waals surface area contributed by atoms with Gasteiger partial charge in [-0.1, -0.05) is 24.2 Å². The normalized spacial score (nSPS) is 14.4. The van der Waals surface area contributed by atoms with E-state index < -0.39 is 0 Å². The van der Waals surface area contributed by atoms with Crippen LogP contribution in [0.3, 0.4) is 0 Å². The van der Waals surface area contributed by atoms with E-state index in [-0.39, 0.29) is 11.6 Å². The fourth-order valence-corrected chi connectivity index (χ4v) is 4.08. The fourth-order valence-electron chi connectivity index (χ4n) is 3.91. The van der Waals surface area contributed by atoms with E-state index in [4.69, 9.17) is 16.3 Å². The number of hydrogen-bond acceptors (Lipinski definition) is 2. The Hall–Kier alpha value is -2.30. The molecule has 0 radical (unpaired) electrons. The Labute approximate surface area is 163 Å². The standard InChI is InChI=1S/C22H22ClFN2O/c1-14(15-4-7-22(27-3)19(24)10-15)12-26-20-6-5-16(23)11-17(20)18-13-25(2)9-8-21(18)26/h4-7,10-11H,1,8-9,12-13H2,2-3H3. The van der Waals surface area contributed by atoms with Crippen molar-refractivity contribution in [1.82, 2.24) is 9.47 Å². The largest absolute Gasteiger partial charge is 0.494 e. The molecular formula is C22H22ClFN2O. The molecule has 3 aromatic rings. The van der Waals surface area contributed by atoms with Crippen LogP contribution in [0.15, 0.2) is 43.0 Å². The molecule has 0 fully saturated rings. The summed E-state index contributed by atoms with van der Waals surface area (Å²) in [7, 11) is 3.60. The van der Waals surface area contributed by atoms with E-state index in [1.54, 1.807) is 6.07 Å². The number of ether oxygens (including phenoxy) is 1. The molecule has 0 saturated heterocycles. The second kappa shape index (κ2) is 7.02. The number of methoxy groups -OCH3 is 1. The summed E-state index contributed by atoms with van der Waals surface area (Å²) in [4.78, 5) is 2.32. The first-order valence-corrected chi connectivity index (χ1v) is 9.35. The average Bonchev–Trinajstić information content (AvgIpc) is 2.94.